The molecule has 2 aromatic rings. The lowest BCUT2D eigenvalue weighted by Crippen LogP contribution is -2.31. The van der Waals surface area contributed by atoms with E-state index < -0.39 is 0 Å². The summed E-state index contributed by atoms with van der Waals surface area (Å²) in [7, 11) is 0. The van der Waals surface area contributed by atoms with Crippen molar-refractivity contribution in [3.8, 4) is 0 Å². The van der Waals surface area contributed by atoms with Crippen LogP contribution in [0.5, 0.6) is 0 Å². The number of anilines is 1. The molecule has 0 fully saturated rings. The molecule has 1 aromatic carbocycles. The van der Waals surface area contributed by atoms with Gasteiger partial charge in [-0.05, 0) is 32.0 Å². The van der Waals surface area contributed by atoms with E-state index in [9.17, 15) is 4.79 Å². The Kier molecular flexibility index (Phi) is 3.56. The number of fused-ring (bicyclic) bond motifs is 1. The van der Waals surface area contributed by atoms with E-state index in [0.29, 0.717) is 12.5 Å². The fourth-order valence-corrected chi connectivity index (χ4v) is 2.29. The SMILES string of the molecule is CCNC(=O)C(C)n1c(N)nc2cc(Br)ccc21. The van der Waals surface area contributed by atoms with Crippen LogP contribution < -0.4 is 11.1 Å². The van der Waals surface area contributed by atoms with Gasteiger partial charge in [0.15, 0.2) is 0 Å². The van der Waals surface area contributed by atoms with Crippen molar-refractivity contribution in [2.75, 3.05) is 12.3 Å². The number of hydrogen-bond acceptors (Lipinski definition) is 3. The summed E-state index contributed by atoms with van der Waals surface area (Å²) in [5, 5.41) is 2.78. The first-order valence-electron chi connectivity index (χ1n) is 5.75. The van der Waals surface area contributed by atoms with Crippen LogP contribution in [0.25, 0.3) is 11.0 Å². The Morgan fingerprint density at radius 1 is 1.61 bits per heavy atom. The van der Waals surface area contributed by atoms with Crippen LogP contribution in [-0.4, -0.2) is 22.0 Å². The minimum absolute atomic E-state index is 0.0635. The first-order chi connectivity index (χ1) is 8.54. The number of nitrogens with one attached hydrogen (secondary N) is 1. The number of rotatable bonds is 3. The average Bonchev–Trinajstić information content (AvgIpc) is 2.63. The van der Waals surface area contributed by atoms with Gasteiger partial charge >= 0.3 is 0 Å². The molecule has 1 heterocycles. The monoisotopic (exact) mass is 310 g/mol. The van der Waals surface area contributed by atoms with Gasteiger partial charge in [0.1, 0.15) is 6.04 Å². The molecule has 0 saturated carbocycles. The van der Waals surface area contributed by atoms with Gasteiger partial charge in [0, 0.05) is 11.0 Å². The highest BCUT2D eigenvalue weighted by Gasteiger charge is 2.19. The maximum absolute atomic E-state index is 11.9. The predicted molar refractivity (Wildman–Crippen MR) is 75.2 cm³/mol. The predicted octanol–water partition coefficient (Wildman–Crippen LogP) is 2.08. The molecule has 96 valence electrons. The Hall–Kier alpha value is -1.56. The quantitative estimate of drug-likeness (QED) is 0.911. The zero-order valence-electron chi connectivity index (χ0n) is 10.3. The molecule has 0 spiro atoms. The number of nitrogen functional groups attached to an aromatic ring is 1. The molecule has 1 aromatic heterocycles. The largest absolute Gasteiger partial charge is 0.369 e. The van der Waals surface area contributed by atoms with Crippen LogP contribution in [-0.2, 0) is 4.79 Å². The normalized spacial score (nSPS) is 12.6. The zero-order valence-corrected chi connectivity index (χ0v) is 11.9. The second-order valence-electron chi connectivity index (χ2n) is 4.04. The van der Waals surface area contributed by atoms with Crippen LogP contribution in [0.2, 0.25) is 0 Å². The van der Waals surface area contributed by atoms with Crippen LogP contribution in [0.3, 0.4) is 0 Å². The summed E-state index contributed by atoms with van der Waals surface area (Å²) < 4.78 is 2.68. The lowest BCUT2D eigenvalue weighted by Gasteiger charge is -2.15. The van der Waals surface area contributed by atoms with E-state index in [1.54, 1.807) is 4.57 Å². The van der Waals surface area contributed by atoms with Crippen molar-refractivity contribution in [1.82, 2.24) is 14.9 Å². The van der Waals surface area contributed by atoms with Crippen molar-refractivity contribution < 1.29 is 4.79 Å². The summed E-state index contributed by atoms with van der Waals surface area (Å²) in [4.78, 5) is 16.1. The fourth-order valence-electron chi connectivity index (χ4n) is 1.94. The van der Waals surface area contributed by atoms with E-state index in [-0.39, 0.29) is 11.9 Å². The van der Waals surface area contributed by atoms with Gasteiger partial charge in [-0.25, -0.2) is 4.98 Å². The summed E-state index contributed by atoms with van der Waals surface area (Å²) in [6.07, 6.45) is 0. The minimum atomic E-state index is -0.379. The van der Waals surface area contributed by atoms with Gasteiger partial charge in [-0.3, -0.25) is 9.36 Å². The van der Waals surface area contributed by atoms with Gasteiger partial charge < -0.3 is 11.1 Å². The van der Waals surface area contributed by atoms with E-state index >= 15 is 0 Å². The van der Waals surface area contributed by atoms with E-state index in [1.165, 1.54) is 0 Å². The van der Waals surface area contributed by atoms with Gasteiger partial charge in [0.2, 0.25) is 11.9 Å². The van der Waals surface area contributed by atoms with E-state index in [2.05, 4.69) is 26.2 Å². The molecular formula is C12H15BrN4O. The highest BCUT2D eigenvalue weighted by molar-refractivity contribution is 9.10. The Labute approximate surface area is 113 Å². The summed E-state index contributed by atoms with van der Waals surface area (Å²) in [5.41, 5.74) is 7.53. The number of nitrogens with zero attached hydrogens (tertiary/aromatic N) is 2. The number of aromatic nitrogens is 2. The Morgan fingerprint density at radius 3 is 3.00 bits per heavy atom. The van der Waals surface area contributed by atoms with E-state index in [1.807, 2.05) is 32.0 Å². The first kappa shape index (κ1) is 12.9. The first-order valence-corrected chi connectivity index (χ1v) is 6.54. The minimum Gasteiger partial charge on any atom is -0.369 e. The van der Waals surface area contributed by atoms with Crippen LogP contribution in [0.4, 0.5) is 5.95 Å². The van der Waals surface area contributed by atoms with E-state index in [0.717, 1.165) is 15.5 Å². The van der Waals surface area contributed by atoms with E-state index in [4.69, 9.17) is 5.73 Å². The molecule has 18 heavy (non-hydrogen) atoms. The Morgan fingerprint density at radius 2 is 2.33 bits per heavy atom. The smallest absolute Gasteiger partial charge is 0.242 e. The number of halogens is 1. The third kappa shape index (κ3) is 2.20. The third-order valence-corrected chi connectivity index (χ3v) is 3.29. The molecule has 1 amide bonds. The molecule has 0 saturated heterocycles. The molecule has 0 bridgehead atoms. The number of imidazole rings is 1. The summed E-state index contributed by atoms with van der Waals surface area (Å²) in [6.45, 7) is 4.29. The van der Waals surface area contributed by atoms with Crippen molar-refractivity contribution in [3.05, 3.63) is 22.7 Å². The maximum Gasteiger partial charge on any atom is 0.242 e. The van der Waals surface area contributed by atoms with Crippen LogP contribution in [0, 0.1) is 0 Å². The summed E-state index contributed by atoms with van der Waals surface area (Å²) in [5.74, 6) is 0.285. The topological polar surface area (TPSA) is 72.9 Å². The molecule has 6 heteroatoms. The molecule has 0 radical (unpaired) electrons. The number of carbonyl (C=O) groups excluding carboxylic acids is 1. The molecule has 0 aliphatic carbocycles. The average molecular weight is 311 g/mol. The number of benzene rings is 1. The fraction of sp³-hybridized carbons (Fsp3) is 0.333. The third-order valence-electron chi connectivity index (χ3n) is 2.80. The second kappa shape index (κ2) is 4.97. The number of carbonyl (C=O) groups is 1. The van der Waals surface area contributed by atoms with Gasteiger partial charge in [0.05, 0.1) is 11.0 Å². The molecule has 1 atom stereocenters. The molecule has 2 rings (SSSR count). The number of amides is 1. The van der Waals surface area contributed by atoms with Crippen molar-refractivity contribution >= 4 is 38.8 Å². The summed E-state index contributed by atoms with van der Waals surface area (Å²) in [6, 6.07) is 5.31. The molecule has 0 aliphatic rings. The summed E-state index contributed by atoms with van der Waals surface area (Å²) >= 11 is 3.39. The van der Waals surface area contributed by atoms with Crippen molar-refractivity contribution in [2.24, 2.45) is 0 Å². The number of likely N-dealkylation sites (N-methyl/N-ethyl adjacent to an activating group) is 1. The number of hydrogen-bond donors (Lipinski definition) is 2. The number of nitrogens with two attached hydrogens (primary N) is 1. The highest BCUT2D eigenvalue weighted by atomic mass is 79.9. The van der Waals surface area contributed by atoms with Crippen LogP contribution in [0.15, 0.2) is 22.7 Å². The Balaban J connectivity index is 2.50. The van der Waals surface area contributed by atoms with Crippen molar-refractivity contribution in [1.29, 1.82) is 0 Å². The van der Waals surface area contributed by atoms with Gasteiger partial charge in [0.25, 0.3) is 0 Å². The van der Waals surface area contributed by atoms with Gasteiger partial charge in [-0.2, -0.15) is 0 Å². The van der Waals surface area contributed by atoms with Crippen LogP contribution >= 0.6 is 15.9 Å². The molecule has 1 unspecified atom stereocenters. The molecule has 5 nitrogen and oxygen atoms in total. The van der Waals surface area contributed by atoms with Gasteiger partial charge in [-0.1, -0.05) is 15.9 Å². The van der Waals surface area contributed by atoms with Gasteiger partial charge in [-0.15, -0.1) is 0 Å². The zero-order chi connectivity index (χ0) is 13.3. The molecule has 0 aliphatic heterocycles. The molecule has 3 N–H and O–H groups in total. The lowest BCUT2D eigenvalue weighted by atomic mass is 10.2. The second-order valence-corrected chi connectivity index (χ2v) is 4.96. The van der Waals surface area contributed by atoms with Crippen molar-refractivity contribution in [3.63, 3.8) is 0 Å². The standard InChI is InChI=1S/C12H15BrN4O/c1-3-15-11(18)7(2)17-10-5-4-8(13)6-9(10)16-12(17)14/h4-7H,3H2,1-2H3,(H2,14,16)(H,15,18). The maximum atomic E-state index is 11.9. The lowest BCUT2D eigenvalue weighted by molar-refractivity contribution is -0.123. The highest BCUT2D eigenvalue weighted by Crippen LogP contribution is 2.25. The molecular weight excluding hydrogens is 296 g/mol. The Bertz CT molecular complexity index is 593. The van der Waals surface area contributed by atoms with Crippen molar-refractivity contribution in [2.45, 2.75) is 19.9 Å². The van der Waals surface area contributed by atoms with Crippen LogP contribution in [0.1, 0.15) is 19.9 Å².